The largest absolute Gasteiger partial charge is 0.478 e. The molecule has 2 N–H and O–H groups in total. The number of carbonyl (C=O) groups is 2. The zero-order chi connectivity index (χ0) is 17.9. The number of rotatable bonds is 5. The van der Waals surface area contributed by atoms with Gasteiger partial charge in [-0.05, 0) is 37.9 Å². The summed E-state index contributed by atoms with van der Waals surface area (Å²) < 4.78 is 0. The van der Waals surface area contributed by atoms with Crippen LogP contribution >= 0.6 is 24.0 Å². The molecule has 0 aliphatic carbocycles. The first-order valence-electron chi connectivity index (χ1n) is 7.48. The first kappa shape index (κ1) is 18.4. The van der Waals surface area contributed by atoms with Crippen molar-refractivity contribution in [3.8, 4) is 0 Å². The highest BCUT2D eigenvalue weighted by atomic mass is 32.2. The Kier molecular flexibility index (Phi) is 5.95. The predicted octanol–water partition coefficient (Wildman–Crippen LogP) is 2.72. The van der Waals surface area contributed by atoms with E-state index in [1.54, 1.807) is 25.3 Å². The summed E-state index contributed by atoms with van der Waals surface area (Å²) in [6.45, 7) is 3.55. The number of pyridine rings is 1. The summed E-state index contributed by atoms with van der Waals surface area (Å²) in [6, 6.07) is 2.74. The van der Waals surface area contributed by atoms with Gasteiger partial charge in [0.15, 0.2) is 5.11 Å². The summed E-state index contributed by atoms with van der Waals surface area (Å²) in [7, 11) is 0. The summed E-state index contributed by atoms with van der Waals surface area (Å²) in [5, 5.41) is 13.5. The molecule has 1 amide bonds. The van der Waals surface area contributed by atoms with Crippen LogP contribution in [0.4, 0.5) is 0 Å². The van der Waals surface area contributed by atoms with Crippen molar-refractivity contribution in [1.29, 1.82) is 0 Å². The van der Waals surface area contributed by atoms with Gasteiger partial charge in [0.25, 0.3) is 0 Å². The highest BCUT2D eigenvalue weighted by Gasteiger charge is 2.40. The fourth-order valence-corrected chi connectivity index (χ4v) is 3.63. The van der Waals surface area contributed by atoms with E-state index < -0.39 is 12.0 Å². The lowest BCUT2D eigenvalue weighted by Crippen LogP contribution is -2.51. The minimum atomic E-state index is -1.09. The Labute approximate surface area is 150 Å². The van der Waals surface area contributed by atoms with Crippen molar-refractivity contribution in [2.75, 3.05) is 6.26 Å². The molecule has 2 heterocycles. The molecule has 2 rings (SSSR count). The first-order valence-corrected chi connectivity index (χ1v) is 9.11. The number of hydrogen-bond acceptors (Lipinski definition) is 5. The molecule has 0 bridgehead atoms. The fourth-order valence-electron chi connectivity index (χ4n) is 2.68. The molecule has 1 aliphatic heterocycles. The van der Waals surface area contributed by atoms with E-state index in [2.05, 4.69) is 10.3 Å². The van der Waals surface area contributed by atoms with E-state index in [4.69, 9.17) is 12.2 Å². The number of thiocarbonyl (C=S) groups is 1. The highest BCUT2D eigenvalue weighted by Crippen LogP contribution is 2.37. The van der Waals surface area contributed by atoms with Gasteiger partial charge in [-0.2, -0.15) is 0 Å². The quantitative estimate of drug-likeness (QED) is 0.613. The molecular weight excluding hydrogens is 346 g/mol. The number of amides is 1. The van der Waals surface area contributed by atoms with Crippen LogP contribution in [0.25, 0.3) is 0 Å². The summed E-state index contributed by atoms with van der Waals surface area (Å²) in [6.07, 6.45) is 4.45. The van der Waals surface area contributed by atoms with Gasteiger partial charge in [-0.3, -0.25) is 9.69 Å². The molecule has 1 aromatic rings. The third-order valence-electron chi connectivity index (χ3n) is 3.70. The first-order chi connectivity index (χ1) is 11.4. The second-order valence-electron chi connectivity index (χ2n) is 5.29. The van der Waals surface area contributed by atoms with E-state index in [9.17, 15) is 14.7 Å². The Morgan fingerprint density at radius 3 is 2.79 bits per heavy atom. The van der Waals surface area contributed by atoms with Gasteiger partial charge in [-0.25, -0.2) is 9.78 Å². The minimum absolute atomic E-state index is 0.108. The minimum Gasteiger partial charge on any atom is -0.478 e. The van der Waals surface area contributed by atoms with Crippen LogP contribution in [-0.2, 0) is 9.59 Å². The lowest BCUT2D eigenvalue weighted by molar-refractivity contribution is -0.134. The molecule has 1 unspecified atom stereocenters. The molecule has 0 radical (unpaired) electrons. The molecule has 0 spiro atoms. The van der Waals surface area contributed by atoms with Crippen molar-refractivity contribution in [2.24, 2.45) is 0 Å². The Balaban J connectivity index is 2.68. The average molecular weight is 365 g/mol. The second-order valence-corrected chi connectivity index (χ2v) is 6.47. The van der Waals surface area contributed by atoms with Crippen LogP contribution in [0, 0.1) is 0 Å². The number of nitrogens with one attached hydrogen (secondary N) is 1. The van der Waals surface area contributed by atoms with Gasteiger partial charge < -0.3 is 10.4 Å². The molecule has 0 aromatic carbocycles. The van der Waals surface area contributed by atoms with E-state index in [1.165, 1.54) is 16.7 Å². The number of nitrogens with zero attached hydrogens (tertiary/aromatic N) is 2. The lowest BCUT2D eigenvalue weighted by atomic mass is 9.94. The maximum atomic E-state index is 12.6. The smallest absolute Gasteiger partial charge is 0.335 e. The number of aliphatic carboxylic acids is 1. The summed E-state index contributed by atoms with van der Waals surface area (Å²) in [4.78, 5) is 30.2. The number of allylic oxidation sites excluding steroid dienone is 1. The maximum absolute atomic E-state index is 12.6. The van der Waals surface area contributed by atoms with Gasteiger partial charge in [0, 0.05) is 23.9 Å². The monoisotopic (exact) mass is 365 g/mol. The van der Waals surface area contributed by atoms with Crippen LogP contribution in [0.1, 0.15) is 38.3 Å². The van der Waals surface area contributed by atoms with E-state index in [1.807, 2.05) is 13.2 Å². The molecule has 6 nitrogen and oxygen atoms in total. The predicted molar refractivity (Wildman–Crippen MR) is 96.6 cm³/mol. The Hall–Kier alpha value is -1.93. The zero-order valence-corrected chi connectivity index (χ0v) is 15.3. The van der Waals surface area contributed by atoms with Crippen LogP contribution in [0.15, 0.2) is 34.6 Å². The van der Waals surface area contributed by atoms with Crippen molar-refractivity contribution in [3.63, 3.8) is 0 Å². The highest BCUT2D eigenvalue weighted by molar-refractivity contribution is 7.98. The van der Waals surface area contributed by atoms with Crippen LogP contribution in [0.3, 0.4) is 0 Å². The van der Waals surface area contributed by atoms with Gasteiger partial charge in [0.05, 0.1) is 5.57 Å². The summed E-state index contributed by atoms with van der Waals surface area (Å²) in [5.41, 5.74) is 1.21. The number of thioether (sulfide) groups is 1. The molecule has 0 fully saturated rings. The molecule has 0 saturated heterocycles. The van der Waals surface area contributed by atoms with Crippen molar-refractivity contribution < 1.29 is 14.7 Å². The van der Waals surface area contributed by atoms with Gasteiger partial charge in [0.2, 0.25) is 5.91 Å². The fraction of sp³-hybridized carbons (Fsp3) is 0.375. The molecule has 0 saturated carbocycles. The molecule has 24 heavy (non-hydrogen) atoms. The number of aromatic nitrogens is 1. The third kappa shape index (κ3) is 3.44. The molecule has 8 heteroatoms. The van der Waals surface area contributed by atoms with E-state index >= 15 is 0 Å². The maximum Gasteiger partial charge on any atom is 0.335 e. The number of carboxylic acid groups (broad SMARTS) is 1. The van der Waals surface area contributed by atoms with Crippen LogP contribution in [0.5, 0.6) is 0 Å². The van der Waals surface area contributed by atoms with Gasteiger partial charge in [0.1, 0.15) is 11.1 Å². The lowest BCUT2D eigenvalue weighted by Gasteiger charge is -2.38. The Morgan fingerprint density at radius 2 is 2.21 bits per heavy atom. The van der Waals surface area contributed by atoms with Crippen molar-refractivity contribution >= 4 is 41.0 Å². The van der Waals surface area contributed by atoms with Gasteiger partial charge in [-0.1, -0.05) is 13.0 Å². The van der Waals surface area contributed by atoms with Crippen molar-refractivity contribution in [1.82, 2.24) is 15.2 Å². The number of carbonyl (C=O) groups excluding carboxylic acids is 1. The van der Waals surface area contributed by atoms with E-state index in [0.29, 0.717) is 29.1 Å². The SMILES string of the molecule is CCCC(=O)N1C(=S)NC(C)=C(C(=O)O)C1c1cccnc1SC. The summed E-state index contributed by atoms with van der Waals surface area (Å²) in [5.74, 6) is -1.29. The van der Waals surface area contributed by atoms with Gasteiger partial charge in [-0.15, -0.1) is 11.8 Å². The number of carboxylic acids is 1. The standard InChI is InChI=1S/C16H19N3O3S2/c1-4-6-11(20)19-13(10-7-5-8-17-14(10)24-3)12(15(21)22)9(2)18-16(19)23/h5,7-8,13H,4,6H2,1-3H3,(H,18,23)(H,21,22). The molecule has 1 atom stereocenters. The van der Waals surface area contributed by atoms with Crippen LogP contribution in [-0.4, -0.2) is 38.2 Å². The third-order valence-corrected chi connectivity index (χ3v) is 4.73. The van der Waals surface area contributed by atoms with E-state index in [-0.39, 0.29) is 16.6 Å². The van der Waals surface area contributed by atoms with Crippen molar-refractivity contribution in [3.05, 3.63) is 35.2 Å². The second kappa shape index (κ2) is 7.76. The van der Waals surface area contributed by atoms with E-state index in [0.717, 1.165) is 0 Å². The summed E-state index contributed by atoms with van der Waals surface area (Å²) >= 11 is 6.73. The zero-order valence-electron chi connectivity index (χ0n) is 13.7. The normalized spacial score (nSPS) is 17.7. The average Bonchev–Trinajstić information content (AvgIpc) is 2.53. The topological polar surface area (TPSA) is 82.5 Å². The van der Waals surface area contributed by atoms with Crippen molar-refractivity contribution in [2.45, 2.75) is 37.8 Å². The molecule has 128 valence electrons. The van der Waals surface area contributed by atoms with Crippen LogP contribution < -0.4 is 5.32 Å². The molecule has 1 aliphatic rings. The van der Waals surface area contributed by atoms with Crippen LogP contribution in [0.2, 0.25) is 0 Å². The molecule has 1 aromatic heterocycles. The molecular formula is C16H19N3O3S2. The Morgan fingerprint density at radius 1 is 1.50 bits per heavy atom. The van der Waals surface area contributed by atoms with Gasteiger partial charge >= 0.3 is 5.97 Å². The number of hydrogen-bond donors (Lipinski definition) is 2. The Bertz CT molecular complexity index is 718.